The number of amides is 1. The van der Waals surface area contributed by atoms with E-state index in [1.54, 1.807) is 31.2 Å². The number of carbonyl (C=O) groups is 1. The highest BCUT2D eigenvalue weighted by molar-refractivity contribution is 9.10. The average Bonchev–Trinajstić information content (AvgIpc) is 2.74. The molecule has 0 heterocycles. The first-order valence-electron chi connectivity index (χ1n) is 9.60. The molecule has 3 aromatic rings. The van der Waals surface area contributed by atoms with Crippen LogP contribution in [0, 0.1) is 5.82 Å². The van der Waals surface area contributed by atoms with E-state index in [1.165, 1.54) is 24.3 Å². The molecule has 0 aliphatic heterocycles. The van der Waals surface area contributed by atoms with Crippen molar-refractivity contribution >= 4 is 31.9 Å². The van der Waals surface area contributed by atoms with E-state index < -0.39 is 22.0 Å². The maximum Gasteiger partial charge on any atom is 0.243 e. The lowest BCUT2D eigenvalue weighted by atomic mass is 10.1. The largest absolute Gasteiger partial charge is 0.348 e. The average molecular weight is 505 g/mol. The lowest BCUT2D eigenvalue weighted by molar-refractivity contribution is -0.122. The Morgan fingerprint density at radius 3 is 2.23 bits per heavy atom. The molecule has 8 heteroatoms. The van der Waals surface area contributed by atoms with Crippen molar-refractivity contribution in [3.63, 3.8) is 0 Å². The minimum atomic E-state index is -3.92. The van der Waals surface area contributed by atoms with Crippen molar-refractivity contribution in [2.45, 2.75) is 24.4 Å². The molecule has 1 atom stereocenters. The van der Waals surface area contributed by atoms with Crippen molar-refractivity contribution in [2.24, 2.45) is 0 Å². The third-order valence-electron chi connectivity index (χ3n) is 4.72. The highest BCUT2D eigenvalue weighted by atomic mass is 79.9. The summed E-state index contributed by atoms with van der Waals surface area (Å²) in [7, 11) is -3.92. The fraction of sp³-hybridized carbons (Fsp3) is 0.174. The van der Waals surface area contributed by atoms with Crippen LogP contribution in [0.4, 0.5) is 4.39 Å². The summed E-state index contributed by atoms with van der Waals surface area (Å²) in [4.78, 5) is 12.8. The summed E-state index contributed by atoms with van der Waals surface area (Å²) in [5.41, 5.74) is 1.49. The normalized spacial score (nSPS) is 12.5. The van der Waals surface area contributed by atoms with Crippen LogP contribution in [0.15, 0.2) is 88.2 Å². The van der Waals surface area contributed by atoms with Crippen molar-refractivity contribution in [1.82, 2.24) is 9.62 Å². The summed E-state index contributed by atoms with van der Waals surface area (Å²) in [5, 5.41) is 2.79. The first-order valence-corrected chi connectivity index (χ1v) is 11.8. The van der Waals surface area contributed by atoms with Crippen molar-refractivity contribution in [3.8, 4) is 0 Å². The zero-order chi connectivity index (χ0) is 22.4. The van der Waals surface area contributed by atoms with Gasteiger partial charge in [0.15, 0.2) is 0 Å². The molecule has 1 amide bonds. The van der Waals surface area contributed by atoms with Gasteiger partial charge in [0, 0.05) is 11.0 Å². The lowest BCUT2D eigenvalue weighted by Crippen LogP contribution is -2.41. The number of halogens is 2. The summed E-state index contributed by atoms with van der Waals surface area (Å²) in [6.07, 6.45) is 0. The van der Waals surface area contributed by atoms with Gasteiger partial charge in [-0.2, -0.15) is 4.31 Å². The van der Waals surface area contributed by atoms with Gasteiger partial charge in [-0.05, 0) is 54.4 Å². The molecule has 0 aliphatic carbocycles. The second kappa shape index (κ2) is 10.2. The monoisotopic (exact) mass is 504 g/mol. The number of rotatable bonds is 8. The number of nitrogens with zero attached hydrogens (tertiary/aromatic N) is 1. The van der Waals surface area contributed by atoms with Gasteiger partial charge in [0.2, 0.25) is 15.9 Å². The van der Waals surface area contributed by atoms with Crippen molar-refractivity contribution in [3.05, 3.63) is 100 Å². The van der Waals surface area contributed by atoms with Gasteiger partial charge in [0.1, 0.15) is 5.82 Å². The van der Waals surface area contributed by atoms with Crippen LogP contribution in [0.5, 0.6) is 0 Å². The maximum absolute atomic E-state index is 13.3. The Labute approximate surface area is 190 Å². The molecule has 0 aliphatic rings. The fourth-order valence-electron chi connectivity index (χ4n) is 3.05. The fourth-order valence-corrected chi connectivity index (χ4v) is 4.70. The molecular weight excluding hydrogens is 483 g/mol. The Balaban J connectivity index is 1.81. The van der Waals surface area contributed by atoms with E-state index in [1.807, 2.05) is 30.3 Å². The molecule has 0 bridgehead atoms. The van der Waals surface area contributed by atoms with Gasteiger partial charge in [-0.3, -0.25) is 4.79 Å². The minimum Gasteiger partial charge on any atom is -0.348 e. The second-order valence-electron chi connectivity index (χ2n) is 7.05. The Morgan fingerprint density at radius 2 is 1.61 bits per heavy atom. The zero-order valence-corrected chi connectivity index (χ0v) is 19.2. The standard InChI is InChI=1S/C23H22BrFN2O3S/c1-17(19-7-11-21(25)12-8-19)26-23(28)16-27(15-18-5-3-2-4-6-18)31(29,30)22-13-9-20(24)10-14-22/h2-14,17H,15-16H2,1H3,(H,26,28). The Morgan fingerprint density at radius 1 is 1.00 bits per heavy atom. The van der Waals surface area contributed by atoms with Gasteiger partial charge >= 0.3 is 0 Å². The molecule has 0 saturated carbocycles. The minimum absolute atomic E-state index is 0.0532. The van der Waals surface area contributed by atoms with Gasteiger partial charge in [0.25, 0.3) is 0 Å². The van der Waals surface area contributed by atoms with Crippen LogP contribution in [-0.2, 0) is 21.4 Å². The third-order valence-corrected chi connectivity index (χ3v) is 7.06. The molecular formula is C23H22BrFN2O3S. The van der Waals surface area contributed by atoms with Crippen molar-refractivity contribution in [1.29, 1.82) is 0 Å². The molecule has 0 aromatic heterocycles. The summed E-state index contributed by atoms with van der Waals surface area (Å²) in [6.45, 7) is 1.46. The van der Waals surface area contributed by atoms with Crippen LogP contribution >= 0.6 is 15.9 Å². The van der Waals surface area contributed by atoms with Crippen molar-refractivity contribution in [2.75, 3.05) is 6.54 Å². The van der Waals surface area contributed by atoms with Crippen LogP contribution < -0.4 is 5.32 Å². The number of benzene rings is 3. The quantitative estimate of drug-likeness (QED) is 0.485. The first kappa shape index (κ1) is 23.1. The molecule has 31 heavy (non-hydrogen) atoms. The predicted molar refractivity (Wildman–Crippen MR) is 121 cm³/mol. The molecule has 1 unspecified atom stereocenters. The molecule has 0 fully saturated rings. The molecule has 1 N–H and O–H groups in total. The third kappa shape index (κ3) is 6.22. The van der Waals surface area contributed by atoms with Gasteiger partial charge in [-0.25, -0.2) is 12.8 Å². The summed E-state index contributed by atoms with van der Waals surface area (Å²) in [6, 6.07) is 20.8. The number of nitrogens with one attached hydrogen (secondary N) is 1. The highest BCUT2D eigenvalue weighted by Crippen LogP contribution is 2.21. The van der Waals surface area contributed by atoms with E-state index in [4.69, 9.17) is 0 Å². The highest BCUT2D eigenvalue weighted by Gasteiger charge is 2.27. The first-order chi connectivity index (χ1) is 14.8. The topological polar surface area (TPSA) is 66.5 Å². The smallest absolute Gasteiger partial charge is 0.243 e. The van der Waals surface area contributed by atoms with Crippen LogP contribution in [-0.4, -0.2) is 25.2 Å². The molecule has 0 spiro atoms. The molecule has 3 rings (SSSR count). The molecule has 0 saturated heterocycles. The van der Waals surface area contributed by atoms with E-state index in [0.29, 0.717) is 0 Å². The van der Waals surface area contributed by atoms with Gasteiger partial charge < -0.3 is 5.32 Å². The molecule has 162 valence electrons. The Bertz CT molecular complexity index is 1120. The zero-order valence-electron chi connectivity index (χ0n) is 16.8. The van der Waals surface area contributed by atoms with E-state index >= 15 is 0 Å². The van der Waals surface area contributed by atoms with Crippen LogP contribution in [0.3, 0.4) is 0 Å². The van der Waals surface area contributed by atoms with Crippen molar-refractivity contribution < 1.29 is 17.6 Å². The summed E-state index contributed by atoms with van der Waals surface area (Å²) >= 11 is 3.30. The number of sulfonamides is 1. The number of carbonyl (C=O) groups excluding carboxylic acids is 1. The summed E-state index contributed by atoms with van der Waals surface area (Å²) in [5.74, 6) is -0.814. The second-order valence-corrected chi connectivity index (χ2v) is 9.91. The van der Waals surface area contributed by atoms with Crippen LogP contribution in [0.2, 0.25) is 0 Å². The van der Waals surface area contributed by atoms with E-state index in [0.717, 1.165) is 19.9 Å². The number of hydrogen-bond acceptors (Lipinski definition) is 3. The van der Waals surface area contributed by atoms with Gasteiger partial charge in [-0.15, -0.1) is 0 Å². The van der Waals surface area contributed by atoms with E-state index in [9.17, 15) is 17.6 Å². The lowest BCUT2D eigenvalue weighted by Gasteiger charge is -2.23. The molecule has 0 radical (unpaired) electrons. The van der Waals surface area contributed by atoms with Crippen LogP contribution in [0.25, 0.3) is 0 Å². The molecule has 3 aromatic carbocycles. The number of hydrogen-bond donors (Lipinski definition) is 1. The van der Waals surface area contributed by atoms with Gasteiger partial charge in [-0.1, -0.05) is 58.4 Å². The summed E-state index contributed by atoms with van der Waals surface area (Å²) < 4.78 is 41.6. The van der Waals surface area contributed by atoms with E-state index in [2.05, 4.69) is 21.2 Å². The van der Waals surface area contributed by atoms with Crippen LogP contribution in [0.1, 0.15) is 24.1 Å². The van der Waals surface area contributed by atoms with Gasteiger partial charge in [0.05, 0.1) is 17.5 Å². The predicted octanol–water partition coefficient (Wildman–Crippen LogP) is 4.66. The Hall–Kier alpha value is -2.55. The SMILES string of the molecule is CC(NC(=O)CN(Cc1ccccc1)S(=O)(=O)c1ccc(Br)cc1)c1ccc(F)cc1. The van der Waals surface area contributed by atoms with E-state index in [-0.39, 0.29) is 23.8 Å². The molecule has 5 nitrogen and oxygen atoms in total. The Kier molecular flexibility index (Phi) is 7.59. The maximum atomic E-state index is 13.3.